The van der Waals surface area contributed by atoms with Crippen molar-refractivity contribution in [1.29, 1.82) is 0 Å². The number of alkyl halides is 3. The Labute approximate surface area is 105 Å². The number of carbonyl (C=O) groups is 1. The van der Waals surface area contributed by atoms with Crippen LogP contribution in [0.4, 0.5) is 13.2 Å². The van der Waals surface area contributed by atoms with Crippen LogP contribution in [-0.4, -0.2) is 43.2 Å². The fraction of sp³-hybridized carbons (Fsp3) is 0.917. The van der Waals surface area contributed by atoms with Gasteiger partial charge in [0.15, 0.2) is 0 Å². The van der Waals surface area contributed by atoms with E-state index >= 15 is 0 Å². The van der Waals surface area contributed by atoms with Crippen LogP contribution in [0.15, 0.2) is 0 Å². The van der Waals surface area contributed by atoms with Crippen molar-refractivity contribution in [1.82, 2.24) is 10.2 Å². The average molecular weight is 264 g/mol. The van der Waals surface area contributed by atoms with Crippen molar-refractivity contribution < 1.29 is 18.0 Å². The summed E-state index contributed by atoms with van der Waals surface area (Å²) in [6.07, 6.45) is -2.93. The number of rotatable bonds is 2. The van der Waals surface area contributed by atoms with Gasteiger partial charge in [0.25, 0.3) is 0 Å². The van der Waals surface area contributed by atoms with E-state index in [1.54, 1.807) is 11.9 Å². The molecule has 2 unspecified atom stereocenters. The second-order valence-corrected chi connectivity index (χ2v) is 5.36. The number of amides is 1. The molecule has 2 rings (SSSR count). The number of nitrogens with one attached hydrogen (secondary N) is 1. The molecule has 0 radical (unpaired) electrons. The topological polar surface area (TPSA) is 32.3 Å². The highest BCUT2D eigenvalue weighted by molar-refractivity contribution is 5.79. The standard InChI is InChI=1S/C12H19F3N2O/c1-17(10-6-16-7-10)11(18)8-3-2-4-9(5-8)12(13,14)15/h8-10,16H,2-7H2,1H3. The molecule has 0 aromatic heterocycles. The molecule has 1 N–H and O–H groups in total. The molecule has 1 saturated heterocycles. The highest BCUT2D eigenvalue weighted by atomic mass is 19.4. The van der Waals surface area contributed by atoms with Crippen LogP contribution < -0.4 is 5.32 Å². The molecule has 18 heavy (non-hydrogen) atoms. The maximum atomic E-state index is 12.7. The first-order valence-electron chi connectivity index (χ1n) is 6.43. The smallest absolute Gasteiger partial charge is 0.340 e. The number of likely N-dealkylation sites (N-methyl/N-ethyl adjacent to an activating group) is 1. The summed E-state index contributed by atoms with van der Waals surface area (Å²) in [5, 5.41) is 3.06. The quantitative estimate of drug-likeness (QED) is 0.824. The van der Waals surface area contributed by atoms with E-state index in [0.717, 1.165) is 13.1 Å². The third-order valence-electron chi connectivity index (χ3n) is 4.14. The first-order chi connectivity index (χ1) is 8.39. The van der Waals surface area contributed by atoms with Crippen LogP contribution in [-0.2, 0) is 4.79 Å². The van der Waals surface area contributed by atoms with E-state index in [4.69, 9.17) is 0 Å². The third kappa shape index (κ3) is 2.79. The fourth-order valence-corrected chi connectivity index (χ4v) is 2.73. The summed E-state index contributed by atoms with van der Waals surface area (Å²) in [4.78, 5) is 13.8. The van der Waals surface area contributed by atoms with Gasteiger partial charge in [-0.15, -0.1) is 0 Å². The monoisotopic (exact) mass is 264 g/mol. The van der Waals surface area contributed by atoms with Crippen molar-refractivity contribution in [3.8, 4) is 0 Å². The number of halogens is 3. The summed E-state index contributed by atoms with van der Waals surface area (Å²) in [7, 11) is 1.70. The number of nitrogens with zero attached hydrogens (tertiary/aromatic N) is 1. The number of hydrogen-bond acceptors (Lipinski definition) is 2. The van der Waals surface area contributed by atoms with Gasteiger partial charge in [-0.05, 0) is 19.3 Å². The lowest BCUT2D eigenvalue weighted by Gasteiger charge is -2.39. The molecule has 1 amide bonds. The van der Waals surface area contributed by atoms with Gasteiger partial charge < -0.3 is 10.2 Å². The Morgan fingerprint density at radius 3 is 2.44 bits per heavy atom. The molecule has 2 fully saturated rings. The van der Waals surface area contributed by atoms with E-state index < -0.39 is 18.0 Å². The Morgan fingerprint density at radius 2 is 1.94 bits per heavy atom. The Hall–Kier alpha value is -0.780. The molecule has 1 heterocycles. The lowest BCUT2D eigenvalue weighted by molar-refractivity contribution is -0.187. The molecule has 0 spiro atoms. The van der Waals surface area contributed by atoms with E-state index in [2.05, 4.69) is 5.32 Å². The average Bonchev–Trinajstić information content (AvgIpc) is 2.24. The first kappa shape index (κ1) is 13.6. The van der Waals surface area contributed by atoms with Gasteiger partial charge in [0, 0.05) is 26.1 Å². The Kier molecular flexibility index (Phi) is 3.84. The van der Waals surface area contributed by atoms with E-state index in [-0.39, 0.29) is 24.8 Å². The first-order valence-corrected chi connectivity index (χ1v) is 6.43. The minimum absolute atomic E-state index is 0.0349. The van der Waals surface area contributed by atoms with Crippen LogP contribution >= 0.6 is 0 Å². The van der Waals surface area contributed by atoms with Gasteiger partial charge in [-0.1, -0.05) is 6.42 Å². The van der Waals surface area contributed by atoms with E-state index in [1.807, 2.05) is 0 Å². The molecule has 2 atom stereocenters. The molecule has 6 heteroatoms. The Bertz CT molecular complexity index is 315. The normalized spacial score (nSPS) is 29.8. The third-order valence-corrected chi connectivity index (χ3v) is 4.14. The van der Waals surface area contributed by atoms with Gasteiger partial charge in [-0.3, -0.25) is 4.79 Å². The van der Waals surface area contributed by atoms with Crippen LogP contribution in [0.25, 0.3) is 0 Å². The molecular formula is C12H19F3N2O. The van der Waals surface area contributed by atoms with Gasteiger partial charge in [0.2, 0.25) is 5.91 Å². The molecule has 1 aliphatic carbocycles. The van der Waals surface area contributed by atoms with Crippen LogP contribution in [0.3, 0.4) is 0 Å². The summed E-state index contributed by atoms with van der Waals surface area (Å²) < 4.78 is 38.0. The zero-order valence-corrected chi connectivity index (χ0v) is 10.5. The molecule has 0 aromatic rings. The minimum atomic E-state index is -4.16. The zero-order valence-electron chi connectivity index (χ0n) is 10.5. The van der Waals surface area contributed by atoms with E-state index in [9.17, 15) is 18.0 Å². The fourth-order valence-electron chi connectivity index (χ4n) is 2.73. The summed E-state index contributed by atoms with van der Waals surface area (Å²) in [6, 6.07) is 0.156. The Balaban J connectivity index is 1.93. The molecular weight excluding hydrogens is 245 g/mol. The van der Waals surface area contributed by atoms with Gasteiger partial charge in [0.1, 0.15) is 0 Å². The second-order valence-electron chi connectivity index (χ2n) is 5.36. The van der Waals surface area contributed by atoms with Crippen LogP contribution in [0.2, 0.25) is 0 Å². The van der Waals surface area contributed by atoms with Crippen LogP contribution in [0, 0.1) is 11.8 Å². The van der Waals surface area contributed by atoms with Crippen molar-refractivity contribution in [2.75, 3.05) is 20.1 Å². The lowest BCUT2D eigenvalue weighted by Crippen LogP contribution is -2.58. The molecule has 0 aromatic carbocycles. The van der Waals surface area contributed by atoms with Gasteiger partial charge in [-0.2, -0.15) is 13.2 Å². The SMILES string of the molecule is CN(C(=O)C1CCCC(C(F)(F)F)C1)C1CNC1. The summed E-state index contributed by atoms with van der Waals surface area (Å²) >= 11 is 0. The van der Waals surface area contributed by atoms with E-state index in [1.165, 1.54) is 0 Å². The number of hydrogen-bond donors (Lipinski definition) is 1. The van der Waals surface area contributed by atoms with Crippen molar-refractivity contribution in [2.45, 2.75) is 37.9 Å². The van der Waals surface area contributed by atoms with Crippen LogP contribution in [0.5, 0.6) is 0 Å². The summed E-state index contributed by atoms with van der Waals surface area (Å²) in [6.45, 7) is 1.50. The maximum Gasteiger partial charge on any atom is 0.391 e. The highest BCUT2D eigenvalue weighted by Gasteiger charge is 2.44. The second kappa shape index (κ2) is 5.07. The molecule has 0 bridgehead atoms. The molecule has 1 saturated carbocycles. The molecule has 104 valence electrons. The molecule has 2 aliphatic rings. The maximum absolute atomic E-state index is 12.7. The van der Waals surface area contributed by atoms with Crippen molar-refractivity contribution in [2.24, 2.45) is 11.8 Å². The lowest BCUT2D eigenvalue weighted by atomic mass is 9.80. The molecule has 3 nitrogen and oxygen atoms in total. The highest BCUT2D eigenvalue weighted by Crippen LogP contribution is 2.40. The van der Waals surface area contributed by atoms with Gasteiger partial charge >= 0.3 is 6.18 Å². The molecule has 1 aliphatic heterocycles. The van der Waals surface area contributed by atoms with Crippen molar-refractivity contribution >= 4 is 5.91 Å². The summed E-state index contributed by atoms with van der Waals surface area (Å²) in [5.74, 6) is -1.86. The largest absolute Gasteiger partial charge is 0.391 e. The Morgan fingerprint density at radius 1 is 1.28 bits per heavy atom. The van der Waals surface area contributed by atoms with Gasteiger partial charge in [0.05, 0.1) is 12.0 Å². The predicted molar refractivity (Wildman–Crippen MR) is 60.9 cm³/mol. The minimum Gasteiger partial charge on any atom is -0.340 e. The van der Waals surface area contributed by atoms with Crippen molar-refractivity contribution in [3.63, 3.8) is 0 Å². The van der Waals surface area contributed by atoms with Crippen molar-refractivity contribution in [3.05, 3.63) is 0 Å². The summed E-state index contributed by atoms with van der Waals surface area (Å²) in [5.41, 5.74) is 0. The number of carbonyl (C=O) groups excluding carboxylic acids is 1. The predicted octanol–water partition coefficient (Wildman–Crippen LogP) is 1.79. The van der Waals surface area contributed by atoms with E-state index in [0.29, 0.717) is 12.8 Å². The van der Waals surface area contributed by atoms with Gasteiger partial charge in [-0.25, -0.2) is 0 Å². The zero-order chi connectivity index (χ0) is 13.3. The van der Waals surface area contributed by atoms with Crippen LogP contribution in [0.1, 0.15) is 25.7 Å².